The number of carbonyl (C=O) groups is 1. The molecule has 0 unspecified atom stereocenters. The number of ether oxygens (including phenoxy) is 1. The van der Waals surface area contributed by atoms with E-state index in [-0.39, 0.29) is 15.8 Å². The lowest BCUT2D eigenvalue weighted by atomic mass is 10.2. The first kappa shape index (κ1) is 19.9. The van der Waals surface area contributed by atoms with E-state index in [1.165, 1.54) is 23.3 Å². The molecule has 1 aliphatic rings. The van der Waals surface area contributed by atoms with Crippen LogP contribution >= 0.6 is 23.3 Å². The Hall–Kier alpha value is -2.40. The van der Waals surface area contributed by atoms with E-state index in [1.54, 1.807) is 58.9 Å². The van der Waals surface area contributed by atoms with Gasteiger partial charge in [0.2, 0.25) is 9.84 Å². The molecule has 1 saturated heterocycles. The fraction of sp³-hybridized carbons (Fsp3) is 0.158. The highest BCUT2D eigenvalue weighted by Gasteiger charge is 2.20. The van der Waals surface area contributed by atoms with Gasteiger partial charge in [0, 0.05) is 10.9 Å². The number of carbonyl (C=O) groups excluding carboxylic acids is 1. The van der Waals surface area contributed by atoms with Crippen LogP contribution in [0.2, 0.25) is 0 Å². The van der Waals surface area contributed by atoms with Crippen molar-refractivity contribution in [2.75, 3.05) is 24.4 Å². The van der Waals surface area contributed by atoms with Crippen molar-refractivity contribution in [1.82, 2.24) is 9.29 Å². The first-order valence-electron chi connectivity index (χ1n) is 8.69. The van der Waals surface area contributed by atoms with E-state index >= 15 is 0 Å². The third kappa shape index (κ3) is 4.45. The summed E-state index contributed by atoms with van der Waals surface area (Å²) in [6.45, 7) is 1.04. The van der Waals surface area contributed by atoms with Gasteiger partial charge < -0.3 is 4.74 Å². The Kier molecular flexibility index (Phi) is 5.86. The van der Waals surface area contributed by atoms with Crippen molar-refractivity contribution in [2.45, 2.75) is 9.79 Å². The number of rotatable bonds is 4. The van der Waals surface area contributed by atoms with E-state index in [1.807, 2.05) is 5.38 Å². The Morgan fingerprint density at radius 2 is 1.79 bits per heavy atom. The molecule has 10 heteroatoms. The molecule has 2 aromatic carbocycles. The monoisotopic (exact) mass is 447 g/mol. The summed E-state index contributed by atoms with van der Waals surface area (Å²) in [7, 11) is -3.55. The Bertz CT molecular complexity index is 1090. The highest BCUT2D eigenvalue weighted by Crippen LogP contribution is 2.28. The van der Waals surface area contributed by atoms with Crippen LogP contribution in [0.5, 0.6) is 0 Å². The van der Waals surface area contributed by atoms with Gasteiger partial charge in [-0.25, -0.2) is 18.2 Å². The first-order chi connectivity index (χ1) is 14.0. The third-order valence-corrected chi connectivity index (χ3v) is 7.66. The molecule has 3 aromatic rings. The van der Waals surface area contributed by atoms with Gasteiger partial charge in [0.05, 0.1) is 28.6 Å². The van der Waals surface area contributed by atoms with Crippen molar-refractivity contribution in [3.05, 3.63) is 60.0 Å². The second-order valence-corrected chi connectivity index (χ2v) is 9.81. The number of urea groups is 1. The van der Waals surface area contributed by atoms with Crippen LogP contribution in [0.1, 0.15) is 0 Å². The van der Waals surface area contributed by atoms with Crippen molar-refractivity contribution in [1.29, 1.82) is 0 Å². The molecular formula is C19H17N3O4S3. The number of anilines is 1. The van der Waals surface area contributed by atoms with Gasteiger partial charge >= 0.3 is 6.03 Å². The molecule has 0 saturated carbocycles. The fourth-order valence-electron chi connectivity index (χ4n) is 2.69. The summed E-state index contributed by atoms with van der Waals surface area (Å²) in [4.78, 5) is 17.2. The minimum atomic E-state index is -3.55. The Balaban J connectivity index is 1.48. The van der Waals surface area contributed by atoms with Gasteiger partial charge in [-0.1, -0.05) is 30.3 Å². The standard InChI is InChI=1S/C19H17N3O4S3/c23-19(22-10-11-26-13-28-22)21-18-20-17(12-27-18)14-6-8-16(9-7-14)29(24,25)15-4-2-1-3-5-15/h1-9,12H,10-11,13H2,(H,20,21,23). The maximum atomic E-state index is 12.7. The van der Waals surface area contributed by atoms with Gasteiger partial charge in [-0.2, -0.15) is 0 Å². The van der Waals surface area contributed by atoms with E-state index in [4.69, 9.17) is 4.74 Å². The zero-order valence-electron chi connectivity index (χ0n) is 15.1. The molecule has 0 aliphatic carbocycles. The summed E-state index contributed by atoms with van der Waals surface area (Å²) in [5, 5.41) is 5.09. The van der Waals surface area contributed by atoms with E-state index in [0.29, 0.717) is 29.9 Å². The molecule has 29 heavy (non-hydrogen) atoms. The highest BCUT2D eigenvalue weighted by molar-refractivity contribution is 7.97. The molecule has 4 rings (SSSR count). The fourth-order valence-corrected chi connectivity index (χ4v) is 5.37. The third-order valence-electron chi connectivity index (χ3n) is 4.19. The smallest absolute Gasteiger partial charge is 0.333 e. The van der Waals surface area contributed by atoms with Crippen molar-refractivity contribution in [2.24, 2.45) is 0 Å². The highest BCUT2D eigenvalue weighted by atomic mass is 32.2. The quantitative estimate of drug-likeness (QED) is 0.606. The van der Waals surface area contributed by atoms with E-state index in [0.717, 1.165) is 5.56 Å². The van der Waals surface area contributed by atoms with Crippen molar-refractivity contribution < 1.29 is 17.9 Å². The molecule has 0 atom stereocenters. The molecule has 1 N–H and O–H groups in total. The molecule has 1 fully saturated rings. The SMILES string of the molecule is O=C(Nc1nc(-c2ccc(S(=O)(=O)c3ccccc3)cc2)cs1)N1CCOCS1. The maximum Gasteiger partial charge on any atom is 0.333 e. The Labute approximate surface area is 176 Å². The predicted molar refractivity (Wildman–Crippen MR) is 114 cm³/mol. The molecule has 2 amide bonds. The van der Waals surface area contributed by atoms with Gasteiger partial charge in [0.25, 0.3) is 0 Å². The minimum absolute atomic E-state index is 0.223. The van der Waals surface area contributed by atoms with Crippen LogP contribution in [0.3, 0.4) is 0 Å². The molecule has 0 radical (unpaired) electrons. The first-order valence-corrected chi connectivity index (χ1v) is 12.0. The van der Waals surface area contributed by atoms with Crippen LogP contribution in [-0.4, -0.2) is 42.8 Å². The number of hydrogen-bond acceptors (Lipinski definition) is 7. The zero-order chi connectivity index (χ0) is 20.3. The lowest BCUT2D eigenvalue weighted by Crippen LogP contribution is -2.35. The van der Waals surface area contributed by atoms with Crippen LogP contribution < -0.4 is 5.32 Å². The molecule has 0 spiro atoms. The van der Waals surface area contributed by atoms with Crippen molar-refractivity contribution >= 4 is 44.3 Å². The normalized spacial score (nSPS) is 14.6. The topological polar surface area (TPSA) is 88.6 Å². The lowest BCUT2D eigenvalue weighted by Gasteiger charge is -2.24. The summed E-state index contributed by atoms with van der Waals surface area (Å²) in [5.41, 5.74) is 1.44. The van der Waals surface area contributed by atoms with Crippen LogP contribution in [-0.2, 0) is 14.6 Å². The molecule has 0 bridgehead atoms. The number of hydrogen-bond donors (Lipinski definition) is 1. The van der Waals surface area contributed by atoms with E-state index in [2.05, 4.69) is 10.3 Å². The number of amides is 2. The molecule has 150 valence electrons. The maximum absolute atomic E-state index is 12.7. The number of nitrogens with one attached hydrogen (secondary N) is 1. The van der Waals surface area contributed by atoms with E-state index < -0.39 is 9.84 Å². The van der Waals surface area contributed by atoms with Crippen LogP contribution in [0.15, 0.2) is 69.8 Å². The van der Waals surface area contributed by atoms with Crippen LogP contribution in [0, 0.1) is 0 Å². The molecule has 7 nitrogen and oxygen atoms in total. The van der Waals surface area contributed by atoms with Crippen molar-refractivity contribution in [3.8, 4) is 11.3 Å². The number of sulfone groups is 1. The average Bonchev–Trinajstić information content (AvgIpc) is 3.23. The van der Waals surface area contributed by atoms with Crippen LogP contribution in [0.4, 0.5) is 9.93 Å². The summed E-state index contributed by atoms with van der Waals surface area (Å²) in [6, 6.07) is 14.7. The van der Waals surface area contributed by atoms with E-state index in [9.17, 15) is 13.2 Å². The summed E-state index contributed by atoms with van der Waals surface area (Å²) >= 11 is 2.63. The van der Waals surface area contributed by atoms with Gasteiger partial charge in [0.15, 0.2) is 5.13 Å². The molecule has 1 aromatic heterocycles. The summed E-state index contributed by atoms with van der Waals surface area (Å²) in [5.74, 6) is 0.453. The van der Waals surface area contributed by atoms with Gasteiger partial charge in [-0.3, -0.25) is 9.62 Å². The van der Waals surface area contributed by atoms with Crippen LogP contribution in [0.25, 0.3) is 11.3 Å². The van der Waals surface area contributed by atoms with Crippen molar-refractivity contribution in [3.63, 3.8) is 0 Å². The van der Waals surface area contributed by atoms with Gasteiger partial charge in [-0.15, -0.1) is 11.3 Å². The number of thiazole rings is 1. The summed E-state index contributed by atoms with van der Waals surface area (Å²) < 4.78 is 32.2. The second-order valence-electron chi connectivity index (χ2n) is 6.07. The predicted octanol–water partition coefficient (Wildman–Crippen LogP) is 4.11. The Morgan fingerprint density at radius 1 is 1.07 bits per heavy atom. The average molecular weight is 448 g/mol. The van der Waals surface area contributed by atoms with Gasteiger partial charge in [-0.05, 0) is 36.2 Å². The largest absolute Gasteiger partial charge is 0.367 e. The van der Waals surface area contributed by atoms with Gasteiger partial charge in [0.1, 0.15) is 5.94 Å². The number of benzene rings is 2. The number of nitrogens with zero attached hydrogens (tertiary/aromatic N) is 2. The molecular weight excluding hydrogens is 430 g/mol. The number of aromatic nitrogens is 1. The second kappa shape index (κ2) is 8.54. The molecule has 1 aliphatic heterocycles. The molecule has 2 heterocycles. The summed E-state index contributed by atoms with van der Waals surface area (Å²) in [6.07, 6.45) is 0. The lowest BCUT2D eigenvalue weighted by molar-refractivity contribution is 0.152. The zero-order valence-corrected chi connectivity index (χ0v) is 17.6. The Morgan fingerprint density at radius 3 is 2.48 bits per heavy atom. The minimum Gasteiger partial charge on any atom is -0.367 e.